The highest BCUT2D eigenvalue weighted by molar-refractivity contribution is 8.76. The molecular weight excluding hydrogens is 580 g/mol. The fourth-order valence-corrected chi connectivity index (χ4v) is 5.34. The lowest BCUT2D eigenvalue weighted by molar-refractivity contribution is -0.393. The van der Waals surface area contributed by atoms with Crippen LogP contribution in [-0.4, -0.2) is 65.4 Å². The Labute approximate surface area is 231 Å². The van der Waals surface area contributed by atoms with Gasteiger partial charge in [0.2, 0.25) is 0 Å². The number of nitro groups is 4. The van der Waals surface area contributed by atoms with Gasteiger partial charge in [0, 0.05) is 23.6 Å². The molecule has 20 heteroatoms. The van der Waals surface area contributed by atoms with Crippen LogP contribution in [0.4, 0.5) is 34.1 Å². The first-order chi connectivity index (χ1) is 18.8. The number of carbonyl (C=O) groups is 2. The molecule has 2 atom stereocenters. The van der Waals surface area contributed by atoms with E-state index in [0.717, 1.165) is 24.3 Å². The van der Waals surface area contributed by atoms with Gasteiger partial charge < -0.3 is 20.8 Å². The summed E-state index contributed by atoms with van der Waals surface area (Å²) in [6, 6.07) is 2.96. The second kappa shape index (κ2) is 14.4. The van der Waals surface area contributed by atoms with Crippen molar-refractivity contribution in [2.45, 2.75) is 24.9 Å². The summed E-state index contributed by atoms with van der Waals surface area (Å²) in [5, 5.41) is 68.2. The minimum atomic E-state index is -1.32. The summed E-state index contributed by atoms with van der Waals surface area (Å²) in [5.74, 6) is -2.21. The number of rotatable bonds is 17. The predicted molar refractivity (Wildman–Crippen MR) is 144 cm³/mol. The molecule has 0 unspecified atom stereocenters. The minimum Gasteiger partial charge on any atom is -0.480 e. The van der Waals surface area contributed by atoms with Crippen molar-refractivity contribution in [1.29, 1.82) is 0 Å². The van der Waals surface area contributed by atoms with Crippen LogP contribution < -0.4 is 10.6 Å². The van der Waals surface area contributed by atoms with Crippen LogP contribution in [-0.2, 0) is 9.59 Å². The van der Waals surface area contributed by atoms with E-state index in [2.05, 4.69) is 10.6 Å². The summed E-state index contributed by atoms with van der Waals surface area (Å²) < 4.78 is 0. The number of nitrogens with zero attached hydrogens (tertiary/aromatic N) is 4. The Morgan fingerprint density at radius 1 is 0.675 bits per heavy atom. The molecule has 0 saturated carbocycles. The van der Waals surface area contributed by atoms with E-state index in [0.29, 0.717) is 12.1 Å². The van der Waals surface area contributed by atoms with E-state index in [1.165, 1.54) is 21.6 Å². The number of carboxylic acid groups (broad SMARTS) is 2. The first kappa shape index (κ1) is 31.5. The van der Waals surface area contributed by atoms with Crippen molar-refractivity contribution >= 4 is 67.7 Å². The highest BCUT2D eigenvalue weighted by atomic mass is 33.1. The number of nitrogens with one attached hydrogen (secondary N) is 2. The molecule has 0 heterocycles. The van der Waals surface area contributed by atoms with E-state index in [-0.39, 0.29) is 35.7 Å². The monoisotopic (exact) mass is 600 g/mol. The molecule has 0 saturated heterocycles. The maximum absolute atomic E-state index is 11.6. The fraction of sp³-hybridized carbons (Fsp3) is 0.300. The molecule has 2 rings (SSSR count). The largest absolute Gasteiger partial charge is 0.480 e. The Bertz CT molecular complexity index is 1230. The first-order valence-electron chi connectivity index (χ1n) is 10.9. The average Bonchev–Trinajstić information content (AvgIpc) is 2.88. The summed E-state index contributed by atoms with van der Waals surface area (Å²) in [6.07, 6.45) is -0.0342. The number of aliphatic carboxylic acids is 2. The van der Waals surface area contributed by atoms with Gasteiger partial charge in [-0.3, -0.25) is 40.5 Å². The number of non-ortho nitro benzene ring substituents is 2. The van der Waals surface area contributed by atoms with Crippen LogP contribution in [0.15, 0.2) is 36.4 Å². The number of hydrogen-bond acceptors (Lipinski definition) is 14. The minimum absolute atomic E-state index is 0.0171. The van der Waals surface area contributed by atoms with Crippen molar-refractivity contribution in [1.82, 2.24) is 0 Å². The third kappa shape index (κ3) is 8.94. The highest BCUT2D eigenvalue weighted by Crippen LogP contribution is 2.32. The van der Waals surface area contributed by atoms with Gasteiger partial charge in [-0.25, -0.2) is 9.59 Å². The second-order valence-electron chi connectivity index (χ2n) is 7.72. The van der Waals surface area contributed by atoms with Gasteiger partial charge >= 0.3 is 11.9 Å². The van der Waals surface area contributed by atoms with Crippen molar-refractivity contribution in [2.24, 2.45) is 0 Å². The molecule has 0 aliphatic carbocycles. The Balaban J connectivity index is 1.93. The van der Waals surface area contributed by atoms with Gasteiger partial charge in [-0.15, -0.1) is 0 Å². The van der Waals surface area contributed by atoms with Crippen molar-refractivity contribution in [3.8, 4) is 0 Å². The van der Waals surface area contributed by atoms with Crippen molar-refractivity contribution in [3.05, 3.63) is 76.9 Å². The lowest BCUT2D eigenvalue weighted by Gasteiger charge is -2.16. The molecule has 0 aromatic heterocycles. The molecule has 2 aromatic carbocycles. The Kier molecular flexibility index (Phi) is 11.4. The topological polar surface area (TPSA) is 271 Å². The molecule has 18 nitrogen and oxygen atoms in total. The quantitative estimate of drug-likeness (QED) is 0.0866. The predicted octanol–water partition coefficient (Wildman–Crippen LogP) is 3.91. The van der Waals surface area contributed by atoms with E-state index in [1.54, 1.807) is 0 Å². The van der Waals surface area contributed by atoms with Gasteiger partial charge in [-0.2, -0.15) is 0 Å². The van der Waals surface area contributed by atoms with Gasteiger partial charge in [0.1, 0.15) is 23.5 Å². The van der Waals surface area contributed by atoms with E-state index in [9.17, 15) is 60.3 Å². The number of nitro benzene ring substituents is 4. The van der Waals surface area contributed by atoms with Gasteiger partial charge in [0.25, 0.3) is 22.7 Å². The molecule has 40 heavy (non-hydrogen) atoms. The average molecular weight is 601 g/mol. The van der Waals surface area contributed by atoms with Crippen LogP contribution in [0.25, 0.3) is 0 Å². The molecule has 0 spiro atoms. The first-order valence-corrected chi connectivity index (χ1v) is 13.4. The smallest absolute Gasteiger partial charge is 0.326 e. The Morgan fingerprint density at radius 2 is 1.02 bits per heavy atom. The van der Waals surface area contributed by atoms with Crippen molar-refractivity contribution in [2.75, 3.05) is 22.1 Å². The molecule has 0 radical (unpaired) electrons. The molecule has 214 valence electrons. The summed E-state index contributed by atoms with van der Waals surface area (Å²) in [4.78, 5) is 64.2. The van der Waals surface area contributed by atoms with Gasteiger partial charge in [0.05, 0.1) is 31.8 Å². The van der Waals surface area contributed by atoms with Crippen molar-refractivity contribution < 1.29 is 39.5 Å². The van der Waals surface area contributed by atoms with Crippen LogP contribution in [0, 0.1) is 40.5 Å². The second-order valence-corrected chi connectivity index (χ2v) is 10.4. The van der Waals surface area contributed by atoms with Crippen LogP contribution in [0.3, 0.4) is 0 Å². The Hall–Kier alpha value is -4.72. The van der Waals surface area contributed by atoms with E-state index < -0.39 is 66.5 Å². The van der Waals surface area contributed by atoms with Crippen LogP contribution in [0.2, 0.25) is 0 Å². The third-order valence-corrected chi connectivity index (χ3v) is 7.57. The molecule has 0 aliphatic heterocycles. The molecule has 0 bridgehead atoms. The van der Waals surface area contributed by atoms with E-state index in [1.807, 2.05) is 0 Å². The zero-order valence-electron chi connectivity index (χ0n) is 20.0. The van der Waals surface area contributed by atoms with Gasteiger partial charge in [-0.1, -0.05) is 21.6 Å². The number of hydrogen-bond donors (Lipinski definition) is 4. The summed E-state index contributed by atoms with van der Waals surface area (Å²) in [7, 11) is 2.37. The van der Waals surface area contributed by atoms with Crippen LogP contribution in [0.1, 0.15) is 12.8 Å². The molecule has 2 aromatic rings. The number of benzene rings is 2. The lowest BCUT2D eigenvalue weighted by Crippen LogP contribution is -2.30. The zero-order chi connectivity index (χ0) is 30.0. The molecule has 0 amide bonds. The maximum atomic E-state index is 11.6. The van der Waals surface area contributed by atoms with Crippen molar-refractivity contribution in [3.63, 3.8) is 0 Å². The molecule has 4 N–H and O–H groups in total. The van der Waals surface area contributed by atoms with E-state index in [4.69, 9.17) is 0 Å². The highest BCUT2D eigenvalue weighted by Gasteiger charge is 2.26. The van der Waals surface area contributed by atoms with Crippen LogP contribution >= 0.6 is 21.6 Å². The molecular formula is C20H20N6O12S2. The standard InChI is InChI=1S/C20H20N6O12S2/c27-19(28)15(21-13-3-1-11(23(31)32)9-17(13)25(35)36)5-7-39-40-8-6-16(20(29)30)22-14-4-2-12(24(33)34)10-18(14)26(37)38/h1-4,9-10,15-16,21-22H,5-8H2,(H,27,28)(H,29,30)/t15-,16-/m0/s1. The normalized spacial score (nSPS) is 12.1. The van der Waals surface area contributed by atoms with Crippen LogP contribution in [0.5, 0.6) is 0 Å². The summed E-state index contributed by atoms with van der Waals surface area (Å²) >= 11 is 0. The summed E-state index contributed by atoms with van der Waals surface area (Å²) in [6.45, 7) is 0. The number of carboxylic acids is 2. The summed E-state index contributed by atoms with van der Waals surface area (Å²) in [5.41, 5.74) is -2.82. The van der Waals surface area contributed by atoms with Gasteiger partial charge in [-0.05, 0) is 25.0 Å². The maximum Gasteiger partial charge on any atom is 0.326 e. The van der Waals surface area contributed by atoms with Gasteiger partial charge in [0.15, 0.2) is 0 Å². The molecule has 0 aliphatic rings. The zero-order valence-corrected chi connectivity index (χ0v) is 21.7. The Morgan fingerprint density at radius 3 is 1.30 bits per heavy atom. The SMILES string of the molecule is O=C(O)[C@H](CCSSCC[C@H](Nc1ccc([N+](=O)[O-])cc1[N+](=O)[O-])C(=O)O)Nc1ccc([N+](=O)[O-])cc1[N+](=O)[O-]. The lowest BCUT2D eigenvalue weighted by atomic mass is 10.2. The van der Waals surface area contributed by atoms with E-state index >= 15 is 0 Å². The molecule has 0 fully saturated rings. The number of anilines is 2. The third-order valence-electron chi connectivity index (χ3n) is 5.10. The fourth-order valence-electron chi connectivity index (χ4n) is 3.15.